The van der Waals surface area contributed by atoms with Gasteiger partial charge in [0, 0.05) is 25.8 Å². The molecule has 0 aromatic carbocycles. The van der Waals surface area contributed by atoms with E-state index < -0.39 is 15.4 Å². The Morgan fingerprint density at radius 3 is 2.75 bits per heavy atom. The molecule has 1 rings (SSSR count). The summed E-state index contributed by atoms with van der Waals surface area (Å²) >= 11 is 0. The molecule has 0 aromatic heterocycles. The van der Waals surface area contributed by atoms with Crippen LogP contribution in [0.5, 0.6) is 0 Å². The van der Waals surface area contributed by atoms with Crippen LogP contribution in [0.3, 0.4) is 0 Å². The Balaban J connectivity index is 2.16. The highest BCUT2D eigenvalue weighted by Crippen LogP contribution is 2.24. The smallest absolute Gasteiger partial charge is 0.147 e. The van der Waals surface area contributed by atoms with E-state index in [1.165, 1.54) is 6.26 Å². The highest BCUT2D eigenvalue weighted by atomic mass is 32.2. The number of ether oxygens (including phenoxy) is 1. The second-order valence-corrected chi connectivity index (χ2v) is 6.79. The summed E-state index contributed by atoms with van der Waals surface area (Å²) in [6.07, 6.45) is 2.28. The molecule has 0 aromatic rings. The highest BCUT2D eigenvalue weighted by molar-refractivity contribution is 7.90. The van der Waals surface area contributed by atoms with Crippen molar-refractivity contribution >= 4 is 9.84 Å². The Hall–Kier alpha value is -0.170. The second-order valence-electron chi connectivity index (χ2n) is 4.53. The number of hydrogen-bond acceptors (Lipinski definition) is 5. The molecule has 1 fully saturated rings. The third-order valence-electron chi connectivity index (χ3n) is 2.96. The zero-order valence-corrected chi connectivity index (χ0v) is 10.7. The van der Waals surface area contributed by atoms with Crippen molar-refractivity contribution in [3.63, 3.8) is 0 Å². The Morgan fingerprint density at radius 2 is 2.25 bits per heavy atom. The van der Waals surface area contributed by atoms with Crippen LogP contribution in [0.15, 0.2) is 0 Å². The predicted octanol–water partition coefficient (Wildman–Crippen LogP) is -0.449. The molecule has 0 saturated carbocycles. The first-order chi connectivity index (χ1) is 7.33. The summed E-state index contributed by atoms with van der Waals surface area (Å²) in [5, 5.41) is 13.2. The monoisotopic (exact) mass is 251 g/mol. The van der Waals surface area contributed by atoms with Gasteiger partial charge < -0.3 is 15.2 Å². The molecular formula is C10H21NO4S. The van der Waals surface area contributed by atoms with E-state index in [4.69, 9.17) is 4.74 Å². The topological polar surface area (TPSA) is 75.6 Å². The zero-order valence-electron chi connectivity index (χ0n) is 9.90. The van der Waals surface area contributed by atoms with Gasteiger partial charge in [-0.1, -0.05) is 0 Å². The summed E-state index contributed by atoms with van der Waals surface area (Å²) in [5.74, 6) is 0.185. The van der Waals surface area contributed by atoms with Gasteiger partial charge in [-0.05, 0) is 19.9 Å². The third-order valence-corrected chi connectivity index (χ3v) is 3.99. The summed E-state index contributed by atoms with van der Waals surface area (Å²) in [6.45, 7) is 3.49. The van der Waals surface area contributed by atoms with E-state index in [1.807, 2.05) is 6.92 Å². The summed E-state index contributed by atoms with van der Waals surface area (Å²) < 4.78 is 27.0. The van der Waals surface area contributed by atoms with E-state index in [2.05, 4.69) is 5.32 Å². The van der Waals surface area contributed by atoms with Crippen LogP contribution in [0, 0.1) is 0 Å². The van der Waals surface area contributed by atoms with Crippen LogP contribution in [-0.2, 0) is 14.6 Å². The Kier molecular flexibility index (Phi) is 4.73. The van der Waals surface area contributed by atoms with E-state index >= 15 is 0 Å². The van der Waals surface area contributed by atoms with Gasteiger partial charge >= 0.3 is 0 Å². The predicted molar refractivity (Wildman–Crippen MR) is 62.2 cm³/mol. The Labute approximate surface area is 97.1 Å². The molecular weight excluding hydrogens is 230 g/mol. The van der Waals surface area contributed by atoms with Crippen molar-refractivity contribution in [1.29, 1.82) is 0 Å². The molecule has 0 bridgehead atoms. The van der Waals surface area contributed by atoms with E-state index in [0.29, 0.717) is 32.5 Å². The molecule has 1 saturated heterocycles. The lowest BCUT2D eigenvalue weighted by Gasteiger charge is -2.26. The van der Waals surface area contributed by atoms with Crippen LogP contribution in [0.25, 0.3) is 0 Å². The summed E-state index contributed by atoms with van der Waals surface area (Å²) in [5.41, 5.74) is -0.801. The molecule has 2 atom stereocenters. The second kappa shape index (κ2) is 5.44. The molecule has 0 radical (unpaired) electrons. The summed E-state index contributed by atoms with van der Waals surface area (Å²) in [4.78, 5) is 0. The molecule has 1 heterocycles. The molecule has 1 aliphatic rings. The molecule has 0 aliphatic carbocycles. The number of rotatable bonds is 6. The molecule has 0 amide bonds. The summed E-state index contributed by atoms with van der Waals surface area (Å²) in [7, 11) is -2.88. The summed E-state index contributed by atoms with van der Waals surface area (Å²) in [6, 6.07) is 0. The van der Waals surface area contributed by atoms with Crippen LogP contribution in [0.1, 0.15) is 19.8 Å². The molecule has 1 aliphatic heterocycles. The molecule has 16 heavy (non-hydrogen) atoms. The van der Waals surface area contributed by atoms with Gasteiger partial charge in [0.2, 0.25) is 0 Å². The van der Waals surface area contributed by atoms with Crippen LogP contribution in [-0.4, -0.2) is 56.9 Å². The van der Waals surface area contributed by atoms with E-state index in [-0.39, 0.29) is 11.9 Å². The van der Waals surface area contributed by atoms with Gasteiger partial charge in [0.15, 0.2) is 0 Å². The minimum Gasteiger partial charge on any atom is -0.386 e. The maximum atomic E-state index is 10.9. The quantitative estimate of drug-likeness (QED) is 0.625. The van der Waals surface area contributed by atoms with Gasteiger partial charge in [-0.3, -0.25) is 0 Å². The first-order valence-electron chi connectivity index (χ1n) is 5.56. The van der Waals surface area contributed by atoms with Crippen LogP contribution in [0.4, 0.5) is 0 Å². The average Bonchev–Trinajstić information content (AvgIpc) is 2.45. The van der Waals surface area contributed by atoms with Crippen LogP contribution >= 0.6 is 0 Å². The molecule has 0 spiro atoms. The maximum Gasteiger partial charge on any atom is 0.147 e. The Bertz CT molecular complexity index is 317. The van der Waals surface area contributed by atoms with Crippen LogP contribution in [0.2, 0.25) is 0 Å². The zero-order chi connectivity index (χ0) is 12.2. The van der Waals surface area contributed by atoms with Crippen molar-refractivity contribution in [2.24, 2.45) is 0 Å². The molecule has 5 nitrogen and oxygen atoms in total. The minimum absolute atomic E-state index is 0.157. The number of nitrogens with one attached hydrogen (secondary N) is 1. The van der Waals surface area contributed by atoms with Crippen molar-refractivity contribution in [2.75, 3.05) is 31.7 Å². The first-order valence-corrected chi connectivity index (χ1v) is 7.62. The van der Waals surface area contributed by atoms with Gasteiger partial charge in [0.05, 0.1) is 11.9 Å². The normalized spacial score (nSPS) is 30.8. The van der Waals surface area contributed by atoms with Crippen molar-refractivity contribution in [1.82, 2.24) is 5.32 Å². The fourth-order valence-electron chi connectivity index (χ4n) is 1.77. The first kappa shape index (κ1) is 13.9. The van der Waals surface area contributed by atoms with Crippen molar-refractivity contribution < 1.29 is 18.3 Å². The maximum absolute atomic E-state index is 10.9. The fourth-order valence-corrected chi connectivity index (χ4v) is 2.44. The molecule has 96 valence electrons. The van der Waals surface area contributed by atoms with Gasteiger partial charge in [-0.25, -0.2) is 8.42 Å². The van der Waals surface area contributed by atoms with Gasteiger partial charge in [-0.15, -0.1) is 0 Å². The number of hydrogen-bond donors (Lipinski definition) is 2. The average molecular weight is 251 g/mol. The van der Waals surface area contributed by atoms with Gasteiger partial charge in [0.25, 0.3) is 0 Å². The fraction of sp³-hybridized carbons (Fsp3) is 1.00. The highest BCUT2D eigenvalue weighted by Gasteiger charge is 2.38. The van der Waals surface area contributed by atoms with E-state index in [9.17, 15) is 13.5 Å². The molecule has 6 heteroatoms. The lowest BCUT2D eigenvalue weighted by atomic mass is 9.97. The van der Waals surface area contributed by atoms with E-state index in [1.54, 1.807) is 0 Å². The number of sulfone groups is 1. The lowest BCUT2D eigenvalue weighted by Crippen LogP contribution is -2.46. The van der Waals surface area contributed by atoms with Crippen molar-refractivity contribution in [3.8, 4) is 0 Å². The molecule has 2 N–H and O–H groups in total. The van der Waals surface area contributed by atoms with Crippen molar-refractivity contribution in [2.45, 2.75) is 31.5 Å². The number of aliphatic hydroxyl groups is 1. The largest absolute Gasteiger partial charge is 0.386 e. The molecule has 2 unspecified atom stereocenters. The Morgan fingerprint density at radius 1 is 1.56 bits per heavy atom. The lowest BCUT2D eigenvalue weighted by molar-refractivity contribution is -0.0259. The van der Waals surface area contributed by atoms with E-state index in [0.717, 1.165) is 0 Å². The standard InChI is InChI=1S/C10H21NO4S/c1-9-10(12,4-6-15-9)8-11-5-3-7-16(2,13)14/h9,11-12H,3-8H2,1-2H3. The minimum atomic E-state index is -2.88. The van der Waals surface area contributed by atoms with Crippen LogP contribution < -0.4 is 5.32 Å². The van der Waals surface area contributed by atoms with Crippen molar-refractivity contribution in [3.05, 3.63) is 0 Å². The van der Waals surface area contributed by atoms with Gasteiger partial charge in [-0.2, -0.15) is 0 Å². The third kappa shape index (κ3) is 4.37. The SMILES string of the molecule is CC1OCCC1(O)CNCCCS(C)(=O)=O. The van der Waals surface area contributed by atoms with Gasteiger partial charge in [0.1, 0.15) is 15.4 Å².